The Morgan fingerprint density at radius 2 is 1.60 bits per heavy atom. The van der Waals surface area contributed by atoms with Crippen LogP contribution in [0.25, 0.3) is 0 Å². The molecule has 1 aliphatic rings. The number of hydrogen-bond donors (Lipinski definition) is 0. The van der Waals surface area contributed by atoms with Crippen molar-refractivity contribution in [1.29, 1.82) is 0 Å². The standard InChI is InChI=1S/C21H28N4O4S/c1-3-24(4-2)30(28,29)25-15-13-22(14-16-25)20(26)19-11-8-12-23(21(19)27)17-18-9-6-5-7-10-18/h5-12H,3-4,13-17H2,1-2H3. The maximum atomic E-state index is 13.0. The molecule has 1 aromatic heterocycles. The Bertz CT molecular complexity index is 1020. The minimum absolute atomic E-state index is 0.105. The summed E-state index contributed by atoms with van der Waals surface area (Å²) in [4.78, 5) is 27.4. The van der Waals surface area contributed by atoms with E-state index in [1.807, 2.05) is 30.3 Å². The molecule has 162 valence electrons. The highest BCUT2D eigenvalue weighted by molar-refractivity contribution is 7.86. The first kappa shape index (κ1) is 22.2. The van der Waals surface area contributed by atoms with Crippen LogP contribution in [0.1, 0.15) is 29.8 Å². The van der Waals surface area contributed by atoms with Crippen LogP contribution in [0, 0.1) is 0 Å². The number of pyridine rings is 1. The van der Waals surface area contributed by atoms with Gasteiger partial charge in [-0.15, -0.1) is 0 Å². The van der Waals surface area contributed by atoms with Crippen LogP contribution in [0.5, 0.6) is 0 Å². The van der Waals surface area contributed by atoms with E-state index in [-0.39, 0.29) is 43.2 Å². The summed E-state index contributed by atoms with van der Waals surface area (Å²) in [6.07, 6.45) is 1.67. The smallest absolute Gasteiger partial charge is 0.282 e. The number of piperazine rings is 1. The molecular formula is C21H28N4O4S. The zero-order valence-corrected chi connectivity index (χ0v) is 18.2. The van der Waals surface area contributed by atoms with Crippen molar-refractivity contribution in [3.05, 3.63) is 70.1 Å². The molecule has 1 aliphatic heterocycles. The number of amides is 1. The van der Waals surface area contributed by atoms with Crippen LogP contribution in [0.4, 0.5) is 0 Å². The predicted molar refractivity (Wildman–Crippen MR) is 116 cm³/mol. The first-order valence-corrected chi connectivity index (χ1v) is 11.6. The van der Waals surface area contributed by atoms with Gasteiger partial charge in [-0.3, -0.25) is 9.59 Å². The van der Waals surface area contributed by atoms with E-state index < -0.39 is 10.2 Å². The van der Waals surface area contributed by atoms with Gasteiger partial charge in [-0.2, -0.15) is 17.0 Å². The van der Waals surface area contributed by atoms with Gasteiger partial charge in [0.2, 0.25) is 0 Å². The average Bonchev–Trinajstić information content (AvgIpc) is 2.76. The van der Waals surface area contributed by atoms with Crippen LogP contribution in [0.3, 0.4) is 0 Å². The molecule has 30 heavy (non-hydrogen) atoms. The molecule has 1 amide bonds. The highest BCUT2D eigenvalue weighted by Gasteiger charge is 2.32. The number of benzene rings is 1. The molecule has 0 bridgehead atoms. The van der Waals surface area contributed by atoms with Crippen LogP contribution in [-0.4, -0.2) is 71.7 Å². The predicted octanol–water partition coefficient (Wildman–Crippen LogP) is 1.24. The summed E-state index contributed by atoms with van der Waals surface area (Å²) in [5, 5.41) is 0. The Balaban J connectivity index is 1.71. The molecule has 3 rings (SSSR count). The molecule has 0 saturated carbocycles. The van der Waals surface area contributed by atoms with Crippen LogP contribution >= 0.6 is 0 Å². The second-order valence-electron chi connectivity index (χ2n) is 7.12. The summed E-state index contributed by atoms with van der Waals surface area (Å²) >= 11 is 0. The molecule has 1 fully saturated rings. The molecule has 0 aliphatic carbocycles. The Labute approximate surface area is 177 Å². The fraction of sp³-hybridized carbons (Fsp3) is 0.429. The number of rotatable bonds is 7. The van der Waals surface area contributed by atoms with E-state index in [2.05, 4.69) is 0 Å². The quantitative estimate of drug-likeness (QED) is 0.659. The van der Waals surface area contributed by atoms with Crippen molar-refractivity contribution in [3.63, 3.8) is 0 Å². The van der Waals surface area contributed by atoms with E-state index in [1.54, 1.807) is 31.0 Å². The van der Waals surface area contributed by atoms with Crippen LogP contribution in [0.15, 0.2) is 53.5 Å². The summed E-state index contributed by atoms with van der Waals surface area (Å²) in [5.41, 5.74) is 0.734. The normalized spacial score (nSPS) is 15.5. The monoisotopic (exact) mass is 432 g/mol. The van der Waals surface area contributed by atoms with Gasteiger partial charge in [0, 0.05) is 45.5 Å². The van der Waals surface area contributed by atoms with E-state index in [0.717, 1.165) is 5.56 Å². The lowest BCUT2D eigenvalue weighted by atomic mass is 10.2. The highest BCUT2D eigenvalue weighted by Crippen LogP contribution is 2.13. The third kappa shape index (κ3) is 4.63. The maximum Gasteiger partial charge on any atom is 0.282 e. The third-order valence-corrected chi connectivity index (χ3v) is 7.52. The third-order valence-electron chi connectivity index (χ3n) is 5.33. The first-order chi connectivity index (χ1) is 14.4. The van der Waals surface area contributed by atoms with Crippen LogP contribution < -0.4 is 5.56 Å². The topological polar surface area (TPSA) is 82.9 Å². The Hall–Kier alpha value is -2.49. The molecule has 0 radical (unpaired) electrons. The fourth-order valence-corrected chi connectivity index (χ4v) is 5.21. The van der Waals surface area contributed by atoms with E-state index in [0.29, 0.717) is 19.6 Å². The number of carbonyl (C=O) groups excluding carboxylic acids is 1. The number of hydrogen-bond acceptors (Lipinski definition) is 4. The van der Waals surface area contributed by atoms with Crippen molar-refractivity contribution in [1.82, 2.24) is 18.1 Å². The molecule has 2 aromatic rings. The van der Waals surface area contributed by atoms with Gasteiger partial charge in [0.1, 0.15) is 5.56 Å². The molecule has 1 aromatic carbocycles. The van der Waals surface area contributed by atoms with Gasteiger partial charge in [0.25, 0.3) is 21.7 Å². The van der Waals surface area contributed by atoms with Gasteiger partial charge in [-0.25, -0.2) is 0 Å². The van der Waals surface area contributed by atoms with Gasteiger partial charge >= 0.3 is 0 Å². The lowest BCUT2D eigenvalue weighted by Crippen LogP contribution is -2.54. The molecule has 9 heteroatoms. The van der Waals surface area contributed by atoms with Crippen molar-refractivity contribution in [2.45, 2.75) is 20.4 Å². The summed E-state index contributed by atoms with van der Waals surface area (Å²) in [6.45, 7) is 5.75. The Morgan fingerprint density at radius 1 is 0.967 bits per heavy atom. The fourth-order valence-electron chi connectivity index (χ4n) is 3.61. The molecule has 1 saturated heterocycles. The van der Waals surface area contributed by atoms with Crippen LogP contribution in [-0.2, 0) is 16.8 Å². The lowest BCUT2D eigenvalue weighted by Gasteiger charge is -2.36. The van der Waals surface area contributed by atoms with Crippen molar-refractivity contribution < 1.29 is 13.2 Å². The molecule has 0 atom stereocenters. The highest BCUT2D eigenvalue weighted by atomic mass is 32.2. The van der Waals surface area contributed by atoms with Crippen LogP contribution in [0.2, 0.25) is 0 Å². The van der Waals surface area contributed by atoms with Gasteiger partial charge < -0.3 is 9.47 Å². The van der Waals surface area contributed by atoms with Crippen molar-refractivity contribution >= 4 is 16.1 Å². The molecule has 8 nitrogen and oxygen atoms in total. The molecule has 0 N–H and O–H groups in total. The minimum atomic E-state index is -3.52. The Kier molecular flexibility index (Phi) is 7.06. The van der Waals surface area contributed by atoms with Crippen molar-refractivity contribution in [2.75, 3.05) is 39.3 Å². The number of nitrogens with zero attached hydrogens (tertiary/aromatic N) is 4. The molecule has 2 heterocycles. The largest absolute Gasteiger partial charge is 0.336 e. The van der Waals surface area contributed by atoms with Gasteiger partial charge in [0.15, 0.2) is 0 Å². The molecule has 0 unspecified atom stereocenters. The Morgan fingerprint density at radius 3 is 2.20 bits per heavy atom. The number of aromatic nitrogens is 1. The SMILES string of the molecule is CCN(CC)S(=O)(=O)N1CCN(C(=O)c2cccn(Cc3ccccc3)c2=O)CC1. The zero-order chi connectivity index (χ0) is 21.7. The van der Waals surface area contributed by atoms with E-state index in [9.17, 15) is 18.0 Å². The minimum Gasteiger partial charge on any atom is -0.336 e. The molecule has 0 spiro atoms. The first-order valence-electron chi connectivity index (χ1n) is 10.2. The number of carbonyl (C=O) groups is 1. The maximum absolute atomic E-state index is 13.0. The molecular weight excluding hydrogens is 404 g/mol. The lowest BCUT2D eigenvalue weighted by molar-refractivity contribution is 0.0691. The van der Waals surface area contributed by atoms with E-state index in [4.69, 9.17) is 0 Å². The van der Waals surface area contributed by atoms with E-state index >= 15 is 0 Å². The second kappa shape index (κ2) is 9.55. The zero-order valence-electron chi connectivity index (χ0n) is 17.4. The van der Waals surface area contributed by atoms with Gasteiger partial charge in [0.05, 0.1) is 6.54 Å². The summed E-state index contributed by atoms with van der Waals surface area (Å²) in [6, 6.07) is 12.8. The van der Waals surface area contributed by atoms with Gasteiger partial charge in [-0.1, -0.05) is 44.2 Å². The van der Waals surface area contributed by atoms with Gasteiger partial charge in [-0.05, 0) is 17.7 Å². The average molecular weight is 433 g/mol. The van der Waals surface area contributed by atoms with E-state index in [1.165, 1.54) is 19.2 Å². The summed E-state index contributed by atoms with van der Waals surface area (Å²) < 4.78 is 29.7. The summed E-state index contributed by atoms with van der Waals surface area (Å²) in [7, 11) is -3.52. The second-order valence-corrected chi connectivity index (χ2v) is 9.05. The van der Waals surface area contributed by atoms with Crippen molar-refractivity contribution in [2.24, 2.45) is 0 Å². The van der Waals surface area contributed by atoms with Crippen molar-refractivity contribution in [3.8, 4) is 0 Å². The summed E-state index contributed by atoms with van der Waals surface area (Å²) in [5.74, 6) is -0.359.